The standard InChI is InChI=1S/C13H18N2O2/c14-12-4-3-10(9-11(12)13(16)17)5-8-15-6-1-2-7-15/h3-4,9H,1-2,5-8,14H2,(H,16,17). The number of nitrogens with zero attached hydrogens (tertiary/aromatic N) is 1. The van der Waals surface area contributed by atoms with E-state index < -0.39 is 5.97 Å². The van der Waals surface area contributed by atoms with E-state index in [1.54, 1.807) is 12.1 Å². The van der Waals surface area contributed by atoms with Crippen molar-refractivity contribution in [1.29, 1.82) is 0 Å². The molecule has 1 saturated heterocycles. The third-order valence-corrected chi connectivity index (χ3v) is 3.26. The molecule has 0 spiro atoms. The van der Waals surface area contributed by atoms with Gasteiger partial charge in [0.05, 0.1) is 5.56 Å². The van der Waals surface area contributed by atoms with Crippen LogP contribution in [0.4, 0.5) is 5.69 Å². The van der Waals surface area contributed by atoms with Gasteiger partial charge < -0.3 is 15.7 Å². The number of carbonyl (C=O) groups is 1. The largest absolute Gasteiger partial charge is 0.478 e. The zero-order chi connectivity index (χ0) is 12.3. The summed E-state index contributed by atoms with van der Waals surface area (Å²) in [5.41, 5.74) is 7.21. The molecule has 0 amide bonds. The Hall–Kier alpha value is -1.55. The molecule has 4 nitrogen and oxygen atoms in total. The van der Waals surface area contributed by atoms with Crippen LogP contribution in [0.5, 0.6) is 0 Å². The van der Waals surface area contributed by atoms with Gasteiger partial charge in [-0.15, -0.1) is 0 Å². The van der Waals surface area contributed by atoms with Gasteiger partial charge in [-0.1, -0.05) is 6.07 Å². The van der Waals surface area contributed by atoms with E-state index >= 15 is 0 Å². The Bertz CT molecular complexity index is 412. The number of likely N-dealkylation sites (tertiary alicyclic amines) is 1. The monoisotopic (exact) mass is 234 g/mol. The van der Waals surface area contributed by atoms with Crippen molar-refractivity contribution in [2.24, 2.45) is 0 Å². The zero-order valence-electron chi connectivity index (χ0n) is 9.85. The van der Waals surface area contributed by atoms with Gasteiger partial charge >= 0.3 is 5.97 Å². The Morgan fingerprint density at radius 3 is 2.71 bits per heavy atom. The lowest BCUT2D eigenvalue weighted by Crippen LogP contribution is -2.22. The Kier molecular flexibility index (Phi) is 3.64. The van der Waals surface area contributed by atoms with Gasteiger partial charge in [0.2, 0.25) is 0 Å². The first-order chi connectivity index (χ1) is 8.16. The molecule has 4 heteroatoms. The average molecular weight is 234 g/mol. The van der Waals surface area contributed by atoms with E-state index in [-0.39, 0.29) is 5.56 Å². The molecule has 0 aliphatic carbocycles. The second kappa shape index (κ2) is 5.19. The van der Waals surface area contributed by atoms with Gasteiger partial charge in [-0.25, -0.2) is 4.79 Å². The maximum atomic E-state index is 10.9. The molecule has 0 radical (unpaired) electrons. The van der Waals surface area contributed by atoms with Crippen LogP contribution in [0.25, 0.3) is 0 Å². The fraction of sp³-hybridized carbons (Fsp3) is 0.462. The van der Waals surface area contributed by atoms with Gasteiger partial charge in [0.25, 0.3) is 0 Å². The first-order valence-electron chi connectivity index (χ1n) is 6.01. The summed E-state index contributed by atoms with van der Waals surface area (Å²) >= 11 is 0. The van der Waals surface area contributed by atoms with Crippen molar-refractivity contribution >= 4 is 11.7 Å². The van der Waals surface area contributed by atoms with E-state index in [0.29, 0.717) is 5.69 Å². The number of rotatable bonds is 4. The van der Waals surface area contributed by atoms with Gasteiger partial charge in [-0.05, 0) is 50.0 Å². The molecule has 1 aromatic rings. The number of carboxylic acids is 1. The molecule has 1 aliphatic rings. The number of hydrogen-bond acceptors (Lipinski definition) is 3. The topological polar surface area (TPSA) is 66.6 Å². The minimum absolute atomic E-state index is 0.212. The van der Waals surface area contributed by atoms with Crippen molar-refractivity contribution in [3.05, 3.63) is 29.3 Å². The second-order valence-corrected chi connectivity index (χ2v) is 4.53. The molecule has 1 aliphatic heterocycles. The molecule has 0 bridgehead atoms. The van der Waals surface area contributed by atoms with Crippen molar-refractivity contribution in [2.45, 2.75) is 19.3 Å². The third-order valence-electron chi connectivity index (χ3n) is 3.26. The van der Waals surface area contributed by atoms with Crippen LogP contribution in [0, 0.1) is 0 Å². The quantitative estimate of drug-likeness (QED) is 0.777. The second-order valence-electron chi connectivity index (χ2n) is 4.53. The maximum absolute atomic E-state index is 10.9. The van der Waals surface area contributed by atoms with Crippen LogP contribution >= 0.6 is 0 Å². The number of benzene rings is 1. The predicted molar refractivity (Wildman–Crippen MR) is 67.2 cm³/mol. The van der Waals surface area contributed by atoms with E-state index in [4.69, 9.17) is 10.8 Å². The van der Waals surface area contributed by atoms with E-state index in [2.05, 4.69) is 4.90 Å². The number of aromatic carboxylic acids is 1. The Morgan fingerprint density at radius 1 is 1.35 bits per heavy atom. The number of nitrogens with two attached hydrogens (primary N) is 1. The van der Waals surface area contributed by atoms with Crippen LogP contribution in [0.2, 0.25) is 0 Å². The molecule has 2 rings (SSSR count). The summed E-state index contributed by atoms with van der Waals surface area (Å²) in [6, 6.07) is 5.29. The SMILES string of the molecule is Nc1ccc(CCN2CCCC2)cc1C(=O)O. The Morgan fingerprint density at radius 2 is 2.06 bits per heavy atom. The molecular weight excluding hydrogens is 216 g/mol. The summed E-state index contributed by atoms with van der Waals surface area (Å²) in [7, 11) is 0. The predicted octanol–water partition coefficient (Wildman–Crippen LogP) is 1.61. The summed E-state index contributed by atoms with van der Waals surface area (Å²) in [6.07, 6.45) is 3.45. The Labute approximate surface area is 101 Å². The van der Waals surface area contributed by atoms with Crippen molar-refractivity contribution in [3.8, 4) is 0 Å². The molecule has 0 saturated carbocycles. The minimum Gasteiger partial charge on any atom is -0.478 e. The highest BCUT2D eigenvalue weighted by molar-refractivity contribution is 5.93. The van der Waals surface area contributed by atoms with Crippen LogP contribution in [0.1, 0.15) is 28.8 Å². The van der Waals surface area contributed by atoms with Crippen molar-refractivity contribution in [2.75, 3.05) is 25.4 Å². The molecule has 0 atom stereocenters. The lowest BCUT2D eigenvalue weighted by Gasteiger charge is -2.14. The van der Waals surface area contributed by atoms with Gasteiger partial charge in [-0.2, -0.15) is 0 Å². The third kappa shape index (κ3) is 2.97. The number of carboxylic acid groups (broad SMARTS) is 1. The minimum atomic E-state index is -0.953. The van der Waals surface area contributed by atoms with Crippen LogP contribution in [-0.4, -0.2) is 35.6 Å². The molecular formula is C13H18N2O2. The molecule has 1 fully saturated rings. The van der Waals surface area contributed by atoms with Crippen LogP contribution < -0.4 is 5.73 Å². The smallest absolute Gasteiger partial charge is 0.337 e. The van der Waals surface area contributed by atoms with Gasteiger partial charge in [0, 0.05) is 12.2 Å². The van der Waals surface area contributed by atoms with Gasteiger partial charge in [0.15, 0.2) is 0 Å². The summed E-state index contributed by atoms with van der Waals surface area (Å²) in [5.74, 6) is -0.953. The normalized spacial score (nSPS) is 16.2. The Balaban J connectivity index is 2.00. The van der Waals surface area contributed by atoms with Crippen LogP contribution in [0.3, 0.4) is 0 Å². The first-order valence-corrected chi connectivity index (χ1v) is 6.01. The van der Waals surface area contributed by atoms with E-state index in [1.165, 1.54) is 25.9 Å². The summed E-state index contributed by atoms with van der Waals surface area (Å²) in [4.78, 5) is 13.4. The summed E-state index contributed by atoms with van der Waals surface area (Å²) in [6.45, 7) is 3.34. The maximum Gasteiger partial charge on any atom is 0.337 e. The fourth-order valence-electron chi connectivity index (χ4n) is 2.24. The van der Waals surface area contributed by atoms with Gasteiger partial charge in [0.1, 0.15) is 0 Å². The van der Waals surface area contributed by atoms with E-state index in [9.17, 15) is 4.79 Å². The van der Waals surface area contributed by atoms with Crippen LogP contribution in [-0.2, 0) is 6.42 Å². The molecule has 0 aromatic heterocycles. The average Bonchev–Trinajstić information content (AvgIpc) is 2.80. The lowest BCUT2D eigenvalue weighted by molar-refractivity contribution is 0.0698. The highest BCUT2D eigenvalue weighted by atomic mass is 16.4. The highest BCUT2D eigenvalue weighted by Crippen LogP contribution is 2.16. The number of nitrogen functional groups attached to an aromatic ring is 1. The van der Waals surface area contributed by atoms with Crippen molar-refractivity contribution < 1.29 is 9.90 Å². The molecule has 17 heavy (non-hydrogen) atoms. The van der Waals surface area contributed by atoms with E-state index in [0.717, 1.165) is 18.5 Å². The molecule has 0 unspecified atom stereocenters. The number of anilines is 1. The zero-order valence-corrected chi connectivity index (χ0v) is 9.85. The molecule has 1 heterocycles. The van der Waals surface area contributed by atoms with Crippen LogP contribution in [0.15, 0.2) is 18.2 Å². The molecule has 92 valence electrons. The van der Waals surface area contributed by atoms with Gasteiger partial charge in [-0.3, -0.25) is 0 Å². The van der Waals surface area contributed by atoms with Crippen molar-refractivity contribution in [3.63, 3.8) is 0 Å². The summed E-state index contributed by atoms with van der Waals surface area (Å²) in [5, 5.41) is 8.98. The highest BCUT2D eigenvalue weighted by Gasteiger charge is 2.12. The molecule has 1 aromatic carbocycles. The molecule has 3 N–H and O–H groups in total. The van der Waals surface area contributed by atoms with Crippen molar-refractivity contribution in [1.82, 2.24) is 4.90 Å². The first kappa shape index (κ1) is 11.9. The summed E-state index contributed by atoms with van der Waals surface area (Å²) < 4.78 is 0. The number of hydrogen-bond donors (Lipinski definition) is 2. The lowest BCUT2D eigenvalue weighted by atomic mass is 10.1. The van der Waals surface area contributed by atoms with E-state index in [1.807, 2.05) is 6.07 Å². The fourth-order valence-corrected chi connectivity index (χ4v) is 2.24.